The quantitative estimate of drug-likeness (QED) is 0.803. The number of hydrogen-bond donors (Lipinski definition) is 2. The number of hydrogen-bond acceptors (Lipinski definition) is 4. The lowest BCUT2D eigenvalue weighted by Crippen LogP contribution is -2.42. The van der Waals surface area contributed by atoms with Gasteiger partial charge < -0.3 is 20.7 Å². The molecule has 1 aromatic carbocycles. The van der Waals surface area contributed by atoms with Gasteiger partial charge in [-0.25, -0.2) is 0 Å². The van der Waals surface area contributed by atoms with Crippen LogP contribution in [0.1, 0.15) is 32.1 Å². The average molecular weight is 368 g/mol. The summed E-state index contributed by atoms with van der Waals surface area (Å²) < 4.78 is 5.54. The van der Waals surface area contributed by atoms with Gasteiger partial charge in [0.25, 0.3) is 5.91 Å². The first-order chi connectivity index (χ1) is 11.7. The number of rotatable bonds is 6. The average Bonchev–Trinajstić information content (AvgIpc) is 3.22. The molecule has 1 saturated carbocycles. The van der Waals surface area contributed by atoms with Crippen LogP contribution in [-0.2, 0) is 9.59 Å². The van der Waals surface area contributed by atoms with Crippen molar-refractivity contribution in [2.24, 2.45) is 11.7 Å². The van der Waals surface area contributed by atoms with Crippen LogP contribution in [0.4, 0.5) is 5.69 Å². The summed E-state index contributed by atoms with van der Waals surface area (Å²) in [5, 5.41) is 3.02. The third-order valence-corrected chi connectivity index (χ3v) is 4.90. The summed E-state index contributed by atoms with van der Waals surface area (Å²) in [6.45, 7) is 1.38. The van der Waals surface area contributed by atoms with Crippen molar-refractivity contribution in [3.8, 4) is 5.75 Å². The molecule has 7 heteroatoms. The van der Waals surface area contributed by atoms with Crippen molar-refractivity contribution in [3.63, 3.8) is 0 Å². The first-order valence-corrected chi connectivity index (χ1v) is 8.70. The molecule has 0 spiro atoms. The number of nitrogens with one attached hydrogen (secondary N) is 1. The summed E-state index contributed by atoms with van der Waals surface area (Å²) in [7, 11) is 0. The minimum absolute atomic E-state index is 0. The normalized spacial score (nSPS) is 22.6. The summed E-state index contributed by atoms with van der Waals surface area (Å²) in [6, 6.07) is 7.49. The number of nitrogens with zero attached hydrogens (tertiary/aromatic N) is 1. The van der Waals surface area contributed by atoms with Crippen molar-refractivity contribution < 1.29 is 14.3 Å². The van der Waals surface area contributed by atoms with Crippen LogP contribution >= 0.6 is 12.4 Å². The fraction of sp³-hybridized carbons (Fsp3) is 0.556. The third kappa shape index (κ3) is 4.86. The zero-order valence-corrected chi connectivity index (χ0v) is 15.1. The molecule has 0 radical (unpaired) electrons. The predicted molar refractivity (Wildman–Crippen MR) is 99.1 cm³/mol. The van der Waals surface area contributed by atoms with E-state index in [9.17, 15) is 9.59 Å². The van der Waals surface area contributed by atoms with Crippen molar-refractivity contribution in [2.45, 2.75) is 38.1 Å². The molecule has 2 atom stereocenters. The fourth-order valence-electron chi connectivity index (χ4n) is 3.55. The van der Waals surface area contributed by atoms with Gasteiger partial charge in [0, 0.05) is 24.7 Å². The van der Waals surface area contributed by atoms with Crippen LogP contribution in [0.5, 0.6) is 5.75 Å². The maximum atomic E-state index is 12.0. The van der Waals surface area contributed by atoms with Gasteiger partial charge in [-0.3, -0.25) is 9.59 Å². The summed E-state index contributed by atoms with van der Waals surface area (Å²) in [6.07, 6.45) is 4.71. The fourth-order valence-corrected chi connectivity index (χ4v) is 3.55. The highest BCUT2D eigenvalue weighted by Crippen LogP contribution is 2.25. The molecule has 3 N–H and O–H groups in total. The topological polar surface area (TPSA) is 84.7 Å². The predicted octanol–water partition coefficient (Wildman–Crippen LogP) is 1.86. The van der Waals surface area contributed by atoms with E-state index in [2.05, 4.69) is 5.32 Å². The summed E-state index contributed by atoms with van der Waals surface area (Å²) in [4.78, 5) is 25.5. The lowest BCUT2D eigenvalue weighted by atomic mass is 10.0. The number of ether oxygens (including phenoxy) is 1. The third-order valence-electron chi connectivity index (χ3n) is 4.90. The van der Waals surface area contributed by atoms with E-state index >= 15 is 0 Å². The second-order valence-electron chi connectivity index (χ2n) is 6.53. The Labute approximate surface area is 154 Å². The Morgan fingerprint density at radius 3 is 2.64 bits per heavy atom. The lowest BCUT2D eigenvalue weighted by molar-refractivity contribution is -0.124. The molecule has 1 aliphatic carbocycles. The van der Waals surface area contributed by atoms with E-state index in [-0.39, 0.29) is 36.9 Å². The molecule has 0 aromatic heterocycles. The lowest BCUT2D eigenvalue weighted by Gasteiger charge is -2.19. The Balaban J connectivity index is 0.00000225. The Kier molecular flexibility index (Phi) is 7.08. The minimum atomic E-state index is -0.112. The highest BCUT2D eigenvalue weighted by atomic mass is 35.5. The molecular formula is C18H26ClN3O3. The first-order valence-electron chi connectivity index (χ1n) is 8.70. The van der Waals surface area contributed by atoms with Gasteiger partial charge in [-0.1, -0.05) is 6.42 Å². The highest BCUT2D eigenvalue weighted by Gasteiger charge is 2.27. The van der Waals surface area contributed by atoms with Gasteiger partial charge in [0.2, 0.25) is 5.91 Å². The van der Waals surface area contributed by atoms with E-state index < -0.39 is 0 Å². The van der Waals surface area contributed by atoms with Gasteiger partial charge in [-0.15, -0.1) is 12.4 Å². The smallest absolute Gasteiger partial charge is 0.258 e. The van der Waals surface area contributed by atoms with Crippen LogP contribution in [-0.4, -0.2) is 37.6 Å². The molecule has 138 valence electrons. The Hall–Kier alpha value is -1.79. The minimum Gasteiger partial charge on any atom is -0.484 e. The van der Waals surface area contributed by atoms with Gasteiger partial charge in [-0.05, 0) is 56.0 Å². The SMILES string of the molecule is Cl.NCC1CCCC1NC(=O)COc1ccc(N2CCCC2=O)cc1. The van der Waals surface area contributed by atoms with Gasteiger partial charge >= 0.3 is 0 Å². The van der Waals surface area contributed by atoms with Crippen LogP contribution in [0.15, 0.2) is 24.3 Å². The van der Waals surface area contributed by atoms with Crippen LogP contribution in [0.3, 0.4) is 0 Å². The van der Waals surface area contributed by atoms with E-state index in [4.69, 9.17) is 10.5 Å². The van der Waals surface area contributed by atoms with Crippen molar-refractivity contribution in [3.05, 3.63) is 24.3 Å². The molecule has 2 fully saturated rings. The molecule has 2 unspecified atom stereocenters. The largest absolute Gasteiger partial charge is 0.484 e. The van der Waals surface area contributed by atoms with Gasteiger partial charge in [0.05, 0.1) is 0 Å². The molecule has 25 heavy (non-hydrogen) atoms. The number of nitrogens with two attached hydrogens (primary N) is 1. The summed E-state index contributed by atoms with van der Waals surface area (Å²) >= 11 is 0. The second-order valence-corrected chi connectivity index (χ2v) is 6.53. The molecule has 2 amide bonds. The van der Waals surface area contributed by atoms with E-state index in [0.717, 1.165) is 37.9 Å². The van der Waals surface area contributed by atoms with E-state index in [0.29, 0.717) is 24.6 Å². The highest BCUT2D eigenvalue weighted by molar-refractivity contribution is 5.95. The molecular weight excluding hydrogens is 342 g/mol. The van der Waals surface area contributed by atoms with E-state index in [1.165, 1.54) is 0 Å². The van der Waals surface area contributed by atoms with Gasteiger partial charge in [-0.2, -0.15) is 0 Å². The number of anilines is 1. The molecule has 1 heterocycles. The number of benzene rings is 1. The van der Waals surface area contributed by atoms with Crippen molar-refractivity contribution >= 4 is 29.9 Å². The summed E-state index contributed by atoms with van der Waals surface area (Å²) in [5.41, 5.74) is 6.61. The molecule has 6 nitrogen and oxygen atoms in total. The molecule has 0 bridgehead atoms. The number of amides is 2. The Bertz CT molecular complexity index is 594. The molecule has 2 aliphatic rings. The number of halogens is 1. The molecule has 3 rings (SSSR count). The zero-order valence-electron chi connectivity index (χ0n) is 14.3. The van der Waals surface area contributed by atoms with Crippen LogP contribution < -0.4 is 20.7 Å². The van der Waals surface area contributed by atoms with E-state index in [1.54, 1.807) is 17.0 Å². The molecule has 1 aromatic rings. The zero-order chi connectivity index (χ0) is 16.9. The first kappa shape index (κ1) is 19.5. The molecule has 1 aliphatic heterocycles. The van der Waals surface area contributed by atoms with Crippen LogP contribution in [0.2, 0.25) is 0 Å². The Morgan fingerprint density at radius 2 is 2.00 bits per heavy atom. The van der Waals surface area contributed by atoms with Crippen molar-refractivity contribution in [1.82, 2.24) is 5.32 Å². The second kappa shape index (κ2) is 9.06. The molecule has 1 saturated heterocycles. The number of carbonyl (C=O) groups excluding carboxylic acids is 2. The standard InChI is InChI=1S/C18H25N3O3.ClH/c19-11-13-3-1-4-16(13)20-17(22)12-24-15-8-6-14(7-9-15)21-10-2-5-18(21)23;/h6-9,13,16H,1-5,10-12,19H2,(H,20,22);1H. The Morgan fingerprint density at radius 1 is 1.24 bits per heavy atom. The maximum Gasteiger partial charge on any atom is 0.258 e. The monoisotopic (exact) mass is 367 g/mol. The van der Waals surface area contributed by atoms with Crippen LogP contribution in [0, 0.1) is 5.92 Å². The van der Waals surface area contributed by atoms with Crippen molar-refractivity contribution in [1.29, 1.82) is 0 Å². The maximum absolute atomic E-state index is 12.0. The van der Waals surface area contributed by atoms with E-state index in [1.807, 2.05) is 12.1 Å². The van der Waals surface area contributed by atoms with Gasteiger partial charge in [0.15, 0.2) is 6.61 Å². The van der Waals surface area contributed by atoms with Crippen LogP contribution in [0.25, 0.3) is 0 Å². The summed E-state index contributed by atoms with van der Waals surface area (Å²) in [5.74, 6) is 1.06. The van der Waals surface area contributed by atoms with Gasteiger partial charge in [0.1, 0.15) is 5.75 Å². The number of carbonyl (C=O) groups is 2. The van der Waals surface area contributed by atoms with Crippen molar-refractivity contribution in [2.75, 3.05) is 24.6 Å².